The van der Waals surface area contributed by atoms with Crippen LogP contribution in [-0.4, -0.2) is 26.6 Å². The molecule has 0 aliphatic heterocycles. The number of hydrogen-bond donors (Lipinski definition) is 1. The molecule has 5 nitrogen and oxygen atoms in total. The van der Waals surface area contributed by atoms with Crippen molar-refractivity contribution in [2.75, 3.05) is 15.9 Å². The molecule has 0 aromatic heterocycles. The summed E-state index contributed by atoms with van der Waals surface area (Å²) in [5.41, 5.74) is 0.584. The zero-order chi connectivity index (χ0) is 18.8. The van der Waals surface area contributed by atoms with Crippen molar-refractivity contribution in [2.24, 2.45) is 0 Å². The van der Waals surface area contributed by atoms with Crippen molar-refractivity contribution in [1.29, 1.82) is 0 Å². The lowest BCUT2D eigenvalue weighted by Gasteiger charge is -2.28. The van der Waals surface area contributed by atoms with Gasteiger partial charge in [-0.15, -0.1) is 0 Å². The van der Waals surface area contributed by atoms with Crippen molar-refractivity contribution < 1.29 is 13.2 Å². The van der Waals surface area contributed by atoms with Gasteiger partial charge in [0.1, 0.15) is 6.04 Å². The SMILES string of the molecule is C[C@@H](C(=O)Nc1cc(Cl)ccc1Cl)N(c1cccc(Cl)c1)S(C)(=O)=O. The molecular formula is C16H15Cl3N2O3S. The smallest absolute Gasteiger partial charge is 0.248 e. The zero-order valence-electron chi connectivity index (χ0n) is 13.3. The summed E-state index contributed by atoms with van der Waals surface area (Å²) < 4.78 is 25.4. The molecule has 0 heterocycles. The summed E-state index contributed by atoms with van der Waals surface area (Å²) in [4.78, 5) is 12.6. The normalized spacial score (nSPS) is 12.5. The number of carbonyl (C=O) groups is 1. The molecule has 1 amide bonds. The molecule has 2 rings (SSSR count). The summed E-state index contributed by atoms with van der Waals surface area (Å²) in [5.74, 6) is -0.561. The van der Waals surface area contributed by atoms with E-state index in [1.807, 2.05) is 0 Å². The highest BCUT2D eigenvalue weighted by molar-refractivity contribution is 7.92. The Morgan fingerprint density at radius 1 is 1.08 bits per heavy atom. The predicted molar refractivity (Wildman–Crippen MR) is 103 cm³/mol. The van der Waals surface area contributed by atoms with E-state index in [4.69, 9.17) is 34.8 Å². The molecule has 0 saturated carbocycles. The van der Waals surface area contributed by atoms with Gasteiger partial charge >= 0.3 is 0 Å². The number of nitrogens with zero attached hydrogens (tertiary/aromatic N) is 1. The van der Waals surface area contributed by atoms with Gasteiger partial charge in [0.25, 0.3) is 0 Å². The third-order valence-corrected chi connectivity index (χ3v) is 5.38. The number of rotatable bonds is 5. The van der Waals surface area contributed by atoms with Gasteiger partial charge in [0.15, 0.2) is 0 Å². The Morgan fingerprint density at radius 2 is 1.72 bits per heavy atom. The number of anilines is 2. The van der Waals surface area contributed by atoms with E-state index < -0.39 is 22.0 Å². The van der Waals surface area contributed by atoms with E-state index in [1.165, 1.54) is 25.1 Å². The lowest BCUT2D eigenvalue weighted by Crippen LogP contribution is -2.45. The molecule has 2 aromatic rings. The fourth-order valence-corrected chi connectivity index (χ4v) is 3.94. The summed E-state index contributed by atoms with van der Waals surface area (Å²) >= 11 is 17.9. The van der Waals surface area contributed by atoms with Crippen molar-refractivity contribution in [3.05, 3.63) is 57.5 Å². The van der Waals surface area contributed by atoms with Gasteiger partial charge in [-0.3, -0.25) is 9.10 Å². The van der Waals surface area contributed by atoms with Crippen LogP contribution in [-0.2, 0) is 14.8 Å². The van der Waals surface area contributed by atoms with Crippen molar-refractivity contribution in [3.8, 4) is 0 Å². The van der Waals surface area contributed by atoms with Crippen LogP contribution in [0.3, 0.4) is 0 Å². The molecule has 0 bridgehead atoms. The van der Waals surface area contributed by atoms with E-state index in [2.05, 4.69) is 5.32 Å². The second-order valence-corrected chi connectivity index (χ2v) is 8.47. The highest BCUT2D eigenvalue weighted by Gasteiger charge is 2.29. The Hall–Kier alpha value is -1.47. The van der Waals surface area contributed by atoms with Crippen LogP contribution in [0.5, 0.6) is 0 Å². The summed E-state index contributed by atoms with van der Waals surface area (Å²) in [5, 5.41) is 3.63. The maximum atomic E-state index is 12.6. The number of benzene rings is 2. The Morgan fingerprint density at radius 3 is 2.32 bits per heavy atom. The van der Waals surface area contributed by atoms with Gasteiger partial charge in [-0.25, -0.2) is 8.42 Å². The van der Waals surface area contributed by atoms with Crippen LogP contribution in [0.1, 0.15) is 6.92 Å². The van der Waals surface area contributed by atoms with Crippen molar-refractivity contribution in [2.45, 2.75) is 13.0 Å². The van der Waals surface area contributed by atoms with Crippen LogP contribution < -0.4 is 9.62 Å². The summed E-state index contributed by atoms with van der Waals surface area (Å²) in [7, 11) is -3.73. The standard InChI is InChI=1S/C16H15Cl3N2O3S/c1-10(16(22)20-15-9-12(18)6-7-14(15)19)21(25(2,23)24)13-5-3-4-11(17)8-13/h3-10H,1-2H3,(H,20,22)/t10-/m0/s1. The van der Waals surface area contributed by atoms with E-state index in [9.17, 15) is 13.2 Å². The van der Waals surface area contributed by atoms with Gasteiger partial charge in [-0.1, -0.05) is 40.9 Å². The van der Waals surface area contributed by atoms with Gasteiger partial charge in [0.05, 0.1) is 22.7 Å². The maximum Gasteiger partial charge on any atom is 0.248 e. The lowest BCUT2D eigenvalue weighted by atomic mass is 10.2. The van der Waals surface area contributed by atoms with Crippen LogP contribution in [0.4, 0.5) is 11.4 Å². The van der Waals surface area contributed by atoms with E-state index in [0.29, 0.717) is 20.8 Å². The van der Waals surface area contributed by atoms with Gasteiger partial charge in [0.2, 0.25) is 15.9 Å². The van der Waals surface area contributed by atoms with Crippen LogP contribution in [0, 0.1) is 0 Å². The summed E-state index contributed by atoms with van der Waals surface area (Å²) in [6.07, 6.45) is 1.02. The molecule has 0 saturated heterocycles. The van der Waals surface area contributed by atoms with Crippen LogP contribution in [0.2, 0.25) is 15.1 Å². The minimum atomic E-state index is -3.73. The van der Waals surface area contributed by atoms with E-state index in [-0.39, 0.29) is 5.69 Å². The quantitative estimate of drug-likeness (QED) is 0.776. The average Bonchev–Trinajstić information content (AvgIpc) is 2.49. The lowest BCUT2D eigenvalue weighted by molar-refractivity contribution is -0.116. The molecule has 0 spiro atoms. The molecule has 0 fully saturated rings. The van der Waals surface area contributed by atoms with Gasteiger partial charge in [-0.05, 0) is 43.3 Å². The van der Waals surface area contributed by atoms with Gasteiger partial charge in [-0.2, -0.15) is 0 Å². The Balaban J connectivity index is 2.35. The third kappa shape index (κ3) is 5.01. The maximum absolute atomic E-state index is 12.6. The number of nitrogens with one attached hydrogen (secondary N) is 1. The minimum Gasteiger partial charge on any atom is -0.323 e. The van der Waals surface area contributed by atoms with E-state index >= 15 is 0 Å². The molecule has 1 N–H and O–H groups in total. The summed E-state index contributed by atoms with van der Waals surface area (Å²) in [6.45, 7) is 1.47. The third-order valence-electron chi connectivity index (χ3n) is 3.34. The van der Waals surface area contributed by atoms with Crippen molar-refractivity contribution in [1.82, 2.24) is 0 Å². The van der Waals surface area contributed by atoms with Crippen molar-refractivity contribution in [3.63, 3.8) is 0 Å². The van der Waals surface area contributed by atoms with Gasteiger partial charge < -0.3 is 5.32 Å². The summed E-state index contributed by atoms with van der Waals surface area (Å²) in [6, 6.07) is 9.81. The second-order valence-electron chi connectivity index (χ2n) is 5.33. The Bertz CT molecular complexity index is 903. The molecule has 25 heavy (non-hydrogen) atoms. The number of halogens is 3. The van der Waals surface area contributed by atoms with Crippen LogP contribution in [0.25, 0.3) is 0 Å². The molecule has 0 radical (unpaired) electrons. The fourth-order valence-electron chi connectivity index (χ4n) is 2.25. The number of hydrogen-bond acceptors (Lipinski definition) is 3. The van der Waals surface area contributed by atoms with Crippen LogP contribution >= 0.6 is 34.8 Å². The highest BCUT2D eigenvalue weighted by atomic mass is 35.5. The second kappa shape index (κ2) is 7.83. The highest BCUT2D eigenvalue weighted by Crippen LogP contribution is 2.27. The number of sulfonamides is 1. The Kier molecular flexibility index (Phi) is 6.21. The molecule has 9 heteroatoms. The van der Waals surface area contributed by atoms with Crippen LogP contribution in [0.15, 0.2) is 42.5 Å². The number of amides is 1. The largest absolute Gasteiger partial charge is 0.323 e. The zero-order valence-corrected chi connectivity index (χ0v) is 16.4. The van der Waals surface area contributed by atoms with Gasteiger partial charge in [0, 0.05) is 10.0 Å². The Labute approximate surface area is 161 Å². The fraction of sp³-hybridized carbons (Fsp3) is 0.188. The molecular weight excluding hydrogens is 407 g/mol. The number of carbonyl (C=O) groups excluding carboxylic acids is 1. The first-order chi connectivity index (χ1) is 11.6. The molecule has 134 valence electrons. The predicted octanol–water partition coefficient (Wildman–Crippen LogP) is 4.44. The first kappa shape index (κ1) is 19.8. The molecule has 0 aliphatic carbocycles. The molecule has 0 aliphatic rings. The first-order valence-corrected chi connectivity index (χ1v) is 10.1. The average molecular weight is 422 g/mol. The topological polar surface area (TPSA) is 66.5 Å². The minimum absolute atomic E-state index is 0.287. The van der Waals surface area contributed by atoms with E-state index in [1.54, 1.807) is 24.3 Å². The first-order valence-electron chi connectivity index (χ1n) is 7.10. The van der Waals surface area contributed by atoms with Crippen molar-refractivity contribution >= 4 is 62.1 Å². The molecule has 2 aromatic carbocycles. The molecule has 0 unspecified atom stereocenters. The van der Waals surface area contributed by atoms with E-state index in [0.717, 1.165) is 10.6 Å². The molecule has 1 atom stereocenters. The monoisotopic (exact) mass is 420 g/mol.